The molecular weight excluding hydrogens is 374 g/mol. The van der Waals surface area contributed by atoms with Crippen LogP contribution in [0.25, 0.3) is 5.69 Å². The Labute approximate surface area is 171 Å². The number of para-hydroxylation sites is 2. The van der Waals surface area contributed by atoms with Crippen LogP contribution in [-0.4, -0.2) is 39.7 Å². The number of amides is 2. The Kier molecular flexibility index (Phi) is 6.45. The van der Waals surface area contributed by atoms with E-state index in [9.17, 15) is 9.59 Å². The first kappa shape index (κ1) is 20.5. The van der Waals surface area contributed by atoms with Crippen molar-refractivity contribution in [2.75, 3.05) is 18.0 Å². The van der Waals surface area contributed by atoms with Gasteiger partial charge in [-0.3, -0.25) is 14.5 Å². The van der Waals surface area contributed by atoms with E-state index in [-0.39, 0.29) is 24.4 Å². The average Bonchev–Trinajstić information content (AvgIpc) is 3.19. The molecule has 2 atom stereocenters. The molecule has 5 nitrogen and oxygen atoms in total. The van der Waals surface area contributed by atoms with E-state index in [1.165, 1.54) is 0 Å². The number of hydrogen-bond acceptors (Lipinski definition) is 2. The van der Waals surface area contributed by atoms with Gasteiger partial charge in [0.05, 0.1) is 17.4 Å². The SMILES string of the molecule is CCCCN(CC(=O)N1c2ccccc2-n2cccc2C1CC)C(=O)C(C)Cl. The van der Waals surface area contributed by atoms with Crippen LogP contribution in [0.4, 0.5) is 5.69 Å². The van der Waals surface area contributed by atoms with Gasteiger partial charge in [-0.2, -0.15) is 0 Å². The summed E-state index contributed by atoms with van der Waals surface area (Å²) in [4.78, 5) is 29.4. The Morgan fingerprint density at radius 2 is 1.86 bits per heavy atom. The van der Waals surface area contributed by atoms with Crippen molar-refractivity contribution >= 4 is 29.1 Å². The predicted octanol–water partition coefficient (Wildman–Crippen LogP) is 4.53. The lowest BCUT2D eigenvalue weighted by atomic mass is 10.0. The number of aromatic nitrogens is 1. The smallest absolute Gasteiger partial charge is 0.247 e. The first-order valence-corrected chi connectivity index (χ1v) is 10.4. The van der Waals surface area contributed by atoms with E-state index < -0.39 is 5.38 Å². The van der Waals surface area contributed by atoms with Crippen molar-refractivity contribution in [3.05, 3.63) is 48.3 Å². The highest BCUT2D eigenvalue weighted by Crippen LogP contribution is 2.40. The van der Waals surface area contributed by atoms with Crippen molar-refractivity contribution in [1.82, 2.24) is 9.47 Å². The third-order valence-corrected chi connectivity index (χ3v) is 5.44. The molecule has 1 aliphatic rings. The molecule has 0 radical (unpaired) electrons. The Hall–Kier alpha value is -2.27. The Morgan fingerprint density at radius 3 is 2.50 bits per heavy atom. The van der Waals surface area contributed by atoms with E-state index in [1.54, 1.807) is 11.8 Å². The third kappa shape index (κ3) is 3.81. The lowest BCUT2D eigenvalue weighted by Gasteiger charge is -2.39. The molecule has 0 spiro atoms. The number of benzene rings is 1. The largest absolute Gasteiger partial charge is 0.332 e. The summed E-state index contributed by atoms with van der Waals surface area (Å²) in [5, 5.41) is -0.641. The number of anilines is 1. The lowest BCUT2D eigenvalue weighted by molar-refractivity contribution is -0.135. The summed E-state index contributed by atoms with van der Waals surface area (Å²) in [6.45, 7) is 6.39. The summed E-state index contributed by atoms with van der Waals surface area (Å²) in [7, 11) is 0. The molecule has 0 saturated heterocycles. The van der Waals surface area contributed by atoms with Crippen LogP contribution in [0.3, 0.4) is 0 Å². The summed E-state index contributed by atoms with van der Waals surface area (Å²) >= 11 is 6.04. The fraction of sp³-hybridized carbons (Fsp3) is 0.455. The number of unbranched alkanes of at least 4 members (excludes halogenated alkanes) is 1. The van der Waals surface area contributed by atoms with Gasteiger partial charge in [-0.25, -0.2) is 0 Å². The van der Waals surface area contributed by atoms with Gasteiger partial charge in [-0.1, -0.05) is 32.4 Å². The van der Waals surface area contributed by atoms with Gasteiger partial charge in [0.25, 0.3) is 0 Å². The van der Waals surface area contributed by atoms with Gasteiger partial charge in [0.1, 0.15) is 11.9 Å². The van der Waals surface area contributed by atoms with E-state index in [1.807, 2.05) is 41.4 Å². The second kappa shape index (κ2) is 8.82. The average molecular weight is 402 g/mol. The van der Waals surface area contributed by atoms with Crippen molar-refractivity contribution < 1.29 is 9.59 Å². The number of rotatable bonds is 7. The molecule has 0 fully saturated rings. The molecule has 6 heteroatoms. The molecule has 28 heavy (non-hydrogen) atoms. The number of alkyl halides is 1. The monoisotopic (exact) mass is 401 g/mol. The van der Waals surface area contributed by atoms with Crippen molar-refractivity contribution in [3.8, 4) is 5.69 Å². The fourth-order valence-corrected chi connectivity index (χ4v) is 4.00. The maximum Gasteiger partial charge on any atom is 0.247 e. The molecule has 1 aromatic carbocycles. The number of carbonyl (C=O) groups excluding carboxylic acids is 2. The summed E-state index contributed by atoms with van der Waals surface area (Å²) in [6.07, 6.45) is 4.62. The lowest BCUT2D eigenvalue weighted by Crippen LogP contribution is -2.47. The maximum absolute atomic E-state index is 13.4. The van der Waals surface area contributed by atoms with E-state index in [0.29, 0.717) is 6.54 Å². The number of hydrogen-bond donors (Lipinski definition) is 0. The minimum absolute atomic E-state index is 0.0431. The summed E-state index contributed by atoms with van der Waals surface area (Å²) in [5.74, 6) is -0.265. The number of nitrogens with zero attached hydrogens (tertiary/aromatic N) is 3. The quantitative estimate of drug-likeness (QED) is 0.640. The fourth-order valence-electron chi connectivity index (χ4n) is 3.86. The first-order chi connectivity index (χ1) is 13.5. The highest BCUT2D eigenvalue weighted by atomic mass is 35.5. The van der Waals surface area contributed by atoms with Crippen LogP contribution in [0.15, 0.2) is 42.6 Å². The predicted molar refractivity (Wildman–Crippen MR) is 113 cm³/mol. The highest BCUT2D eigenvalue weighted by Gasteiger charge is 2.35. The third-order valence-electron chi connectivity index (χ3n) is 5.25. The molecule has 0 saturated carbocycles. The number of halogens is 1. The van der Waals surface area contributed by atoms with Crippen LogP contribution in [0.1, 0.15) is 51.8 Å². The van der Waals surface area contributed by atoms with Crippen molar-refractivity contribution in [3.63, 3.8) is 0 Å². The number of fused-ring (bicyclic) bond motifs is 3. The van der Waals surface area contributed by atoms with E-state index in [2.05, 4.69) is 24.5 Å². The molecule has 1 aliphatic heterocycles. The summed E-state index contributed by atoms with van der Waals surface area (Å²) < 4.78 is 2.15. The Morgan fingerprint density at radius 1 is 1.14 bits per heavy atom. The Bertz CT molecular complexity index is 846. The zero-order chi connectivity index (χ0) is 20.3. The van der Waals surface area contributed by atoms with Gasteiger partial charge >= 0.3 is 0 Å². The number of carbonyl (C=O) groups is 2. The molecular formula is C22H28ClN3O2. The van der Waals surface area contributed by atoms with Crippen LogP contribution in [-0.2, 0) is 9.59 Å². The molecule has 0 N–H and O–H groups in total. The van der Waals surface area contributed by atoms with Crippen LogP contribution < -0.4 is 4.90 Å². The molecule has 2 aromatic rings. The molecule has 150 valence electrons. The molecule has 0 bridgehead atoms. The maximum atomic E-state index is 13.4. The molecule has 0 aliphatic carbocycles. The van der Waals surface area contributed by atoms with Crippen LogP contribution in [0.2, 0.25) is 0 Å². The van der Waals surface area contributed by atoms with E-state index in [0.717, 1.165) is 36.3 Å². The molecule has 2 amide bonds. The van der Waals surface area contributed by atoms with Gasteiger partial charge in [-0.05, 0) is 44.0 Å². The summed E-state index contributed by atoms with van der Waals surface area (Å²) in [6, 6.07) is 11.9. The molecule has 3 rings (SSSR count). The van der Waals surface area contributed by atoms with Crippen molar-refractivity contribution in [2.45, 2.75) is 51.5 Å². The second-order valence-corrected chi connectivity index (χ2v) is 7.86. The highest BCUT2D eigenvalue weighted by molar-refractivity contribution is 6.30. The van der Waals surface area contributed by atoms with Gasteiger partial charge in [0, 0.05) is 18.4 Å². The van der Waals surface area contributed by atoms with Crippen molar-refractivity contribution in [2.24, 2.45) is 0 Å². The topological polar surface area (TPSA) is 45.6 Å². The first-order valence-electron chi connectivity index (χ1n) is 10.0. The van der Waals surface area contributed by atoms with E-state index >= 15 is 0 Å². The van der Waals surface area contributed by atoms with Crippen LogP contribution >= 0.6 is 11.6 Å². The zero-order valence-corrected chi connectivity index (χ0v) is 17.5. The minimum Gasteiger partial charge on any atom is -0.332 e. The standard InChI is InChI=1S/C22H28ClN3O2/c1-4-6-13-24(22(28)16(3)23)15-21(27)26-17(5-2)18-12-9-14-25(18)19-10-7-8-11-20(19)26/h7-12,14,16-17H,4-6,13,15H2,1-3H3. The van der Waals surface area contributed by atoms with Crippen LogP contribution in [0.5, 0.6) is 0 Å². The normalized spacial score (nSPS) is 16.3. The Balaban J connectivity index is 1.94. The van der Waals surface area contributed by atoms with E-state index in [4.69, 9.17) is 11.6 Å². The molecule has 1 aromatic heterocycles. The van der Waals surface area contributed by atoms with Gasteiger partial charge in [-0.15, -0.1) is 11.6 Å². The van der Waals surface area contributed by atoms with Gasteiger partial charge < -0.3 is 9.47 Å². The minimum atomic E-state index is -0.641. The molecule has 2 unspecified atom stereocenters. The summed E-state index contributed by atoms with van der Waals surface area (Å²) in [5.41, 5.74) is 2.95. The zero-order valence-electron chi connectivity index (χ0n) is 16.8. The van der Waals surface area contributed by atoms with Crippen LogP contribution in [0, 0.1) is 0 Å². The van der Waals surface area contributed by atoms with Crippen molar-refractivity contribution in [1.29, 1.82) is 0 Å². The second-order valence-electron chi connectivity index (χ2n) is 7.21. The van der Waals surface area contributed by atoms with Gasteiger partial charge in [0.15, 0.2) is 0 Å². The molecule has 2 heterocycles. The van der Waals surface area contributed by atoms with Gasteiger partial charge in [0.2, 0.25) is 11.8 Å².